The zero-order valence-electron chi connectivity index (χ0n) is 14.3. The molecule has 122 valence electrons. The van der Waals surface area contributed by atoms with Gasteiger partial charge in [-0.2, -0.15) is 0 Å². The molecule has 2 heterocycles. The van der Waals surface area contributed by atoms with Gasteiger partial charge in [0.25, 0.3) is 0 Å². The van der Waals surface area contributed by atoms with E-state index in [9.17, 15) is 0 Å². The normalized spacial score (nSPS) is 11.3. The van der Waals surface area contributed by atoms with Crippen molar-refractivity contribution < 1.29 is 4.42 Å². The Bertz CT molecular complexity index is 1100. The van der Waals surface area contributed by atoms with Crippen molar-refractivity contribution in [3.63, 3.8) is 0 Å². The number of para-hydroxylation sites is 1. The van der Waals surface area contributed by atoms with Gasteiger partial charge < -0.3 is 4.42 Å². The molecule has 2 aromatic heterocycles. The minimum atomic E-state index is 0.492. The molecule has 0 aliphatic carbocycles. The SMILES string of the molecule is [C-]#[N+]c1c(CC(C)C)ccc2c1oc1c(-c3ccccn3)cccc12. The molecule has 3 nitrogen and oxygen atoms in total. The second kappa shape index (κ2) is 6.07. The van der Waals surface area contributed by atoms with Crippen molar-refractivity contribution in [2.45, 2.75) is 20.3 Å². The molecule has 0 fully saturated rings. The van der Waals surface area contributed by atoms with Crippen LogP contribution in [-0.4, -0.2) is 4.98 Å². The van der Waals surface area contributed by atoms with E-state index in [0.29, 0.717) is 17.2 Å². The van der Waals surface area contributed by atoms with Crippen LogP contribution in [0, 0.1) is 12.5 Å². The Morgan fingerprint density at radius 1 is 1.00 bits per heavy atom. The lowest BCUT2D eigenvalue weighted by molar-refractivity contribution is 0.645. The molecule has 0 aliphatic rings. The van der Waals surface area contributed by atoms with Gasteiger partial charge in [0, 0.05) is 22.5 Å². The summed E-state index contributed by atoms with van der Waals surface area (Å²) in [4.78, 5) is 8.24. The number of fused-ring (bicyclic) bond motifs is 3. The Morgan fingerprint density at radius 2 is 1.84 bits per heavy atom. The fraction of sp³-hybridized carbons (Fsp3) is 0.182. The van der Waals surface area contributed by atoms with Crippen LogP contribution in [0.1, 0.15) is 19.4 Å². The number of nitrogens with zero attached hydrogens (tertiary/aromatic N) is 2. The predicted molar refractivity (Wildman–Crippen MR) is 102 cm³/mol. The molecule has 0 bridgehead atoms. The monoisotopic (exact) mass is 326 g/mol. The first-order chi connectivity index (χ1) is 12.2. The van der Waals surface area contributed by atoms with E-state index in [1.54, 1.807) is 6.20 Å². The topological polar surface area (TPSA) is 30.4 Å². The molecule has 0 aliphatic heterocycles. The fourth-order valence-corrected chi connectivity index (χ4v) is 3.34. The van der Waals surface area contributed by atoms with E-state index in [2.05, 4.69) is 35.8 Å². The van der Waals surface area contributed by atoms with Gasteiger partial charge in [-0.25, -0.2) is 4.85 Å². The summed E-state index contributed by atoms with van der Waals surface area (Å²) in [6.45, 7) is 12.0. The van der Waals surface area contributed by atoms with Crippen molar-refractivity contribution in [1.82, 2.24) is 4.98 Å². The van der Waals surface area contributed by atoms with Crippen molar-refractivity contribution in [3.05, 3.63) is 71.7 Å². The summed E-state index contributed by atoms with van der Waals surface area (Å²) >= 11 is 0. The van der Waals surface area contributed by atoms with E-state index in [-0.39, 0.29) is 0 Å². The molecule has 4 rings (SSSR count). The number of furan rings is 1. The molecule has 4 aromatic rings. The lowest BCUT2D eigenvalue weighted by Gasteiger charge is -2.07. The molecule has 0 radical (unpaired) electrons. The third-order valence-electron chi connectivity index (χ3n) is 4.41. The Hall–Kier alpha value is -3.12. The van der Waals surface area contributed by atoms with E-state index >= 15 is 0 Å². The van der Waals surface area contributed by atoms with Gasteiger partial charge in [-0.15, -0.1) is 0 Å². The van der Waals surface area contributed by atoms with Gasteiger partial charge >= 0.3 is 0 Å². The molecule has 0 unspecified atom stereocenters. The molecule has 0 atom stereocenters. The van der Waals surface area contributed by atoms with Gasteiger partial charge in [0.2, 0.25) is 5.69 Å². The molecular weight excluding hydrogens is 308 g/mol. The standard InChI is InChI=1S/C22H18N2O/c1-14(2)13-15-10-11-17-16-7-6-8-18(19-9-4-5-12-24-19)21(16)25-22(17)20(15)23-3/h4-12,14H,13H2,1-2H3. The summed E-state index contributed by atoms with van der Waals surface area (Å²) in [5, 5.41) is 2.02. The van der Waals surface area contributed by atoms with Crippen LogP contribution in [0.2, 0.25) is 0 Å². The molecule has 2 aromatic carbocycles. The zero-order chi connectivity index (χ0) is 17.4. The summed E-state index contributed by atoms with van der Waals surface area (Å²) in [7, 11) is 0. The zero-order valence-corrected chi connectivity index (χ0v) is 14.3. The summed E-state index contributed by atoms with van der Waals surface area (Å²) in [5.41, 5.74) is 4.99. The minimum Gasteiger partial charge on any atom is -0.466 e. The third kappa shape index (κ3) is 2.56. The van der Waals surface area contributed by atoms with Gasteiger partial charge in [0.15, 0.2) is 0 Å². The van der Waals surface area contributed by atoms with Crippen molar-refractivity contribution in [2.24, 2.45) is 5.92 Å². The third-order valence-corrected chi connectivity index (χ3v) is 4.41. The summed E-state index contributed by atoms with van der Waals surface area (Å²) in [6, 6.07) is 16.1. The number of pyridine rings is 1. The average molecular weight is 326 g/mol. The molecule has 0 saturated carbocycles. The number of hydrogen-bond acceptors (Lipinski definition) is 2. The molecule has 0 N–H and O–H groups in total. The molecule has 3 heteroatoms. The van der Waals surface area contributed by atoms with Crippen LogP contribution < -0.4 is 0 Å². The highest BCUT2D eigenvalue weighted by molar-refractivity contribution is 6.12. The average Bonchev–Trinajstić information content (AvgIpc) is 3.00. The number of benzene rings is 2. The highest BCUT2D eigenvalue weighted by atomic mass is 16.3. The Balaban J connectivity index is 2.03. The van der Waals surface area contributed by atoms with E-state index < -0.39 is 0 Å². The molecule has 0 saturated heterocycles. The lowest BCUT2D eigenvalue weighted by atomic mass is 9.99. The quantitative estimate of drug-likeness (QED) is 0.408. The molecule has 0 spiro atoms. The fourth-order valence-electron chi connectivity index (χ4n) is 3.34. The van der Waals surface area contributed by atoms with Crippen molar-refractivity contribution in [3.8, 4) is 11.3 Å². The minimum absolute atomic E-state index is 0.492. The molecule has 25 heavy (non-hydrogen) atoms. The van der Waals surface area contributed by atoms with E-state index in [0.717, 1.165) is 39.6 Å². The van der Waals surface area contributed by atoms with Crippen LogP contribution in [0.25, 0.3) is 38.0 Å². The molecular formula is C22H18N2O. The summed E-state index contributed by atoms with van der Waals surface area (Å²) in [5.74, 6) is 0.492. The summed E-state index contributed by atoms with van der Waals surface area (Å²) in [6.07, 6.45) is 2.65. The second-order valence-electron chi connectivity index (χ2n) is 6.66. The lowest BCUT2D eigenvalue weighted by Crippen LogP contribution is -1.93. The largest absolute Gasteiger partial charge is 0.466 e. The van der Waals surface area contributed by atoms with Gasteiger partial charge in [0.1, 0.15) is 11.2 Å². The van der Waals surface area contributed by atoms with Gasteiger partial charge in [-0.1, -0.05) is 44.2 Å². The summed E-state index contributed by atoms with van der Waals surface area (Å²) < 4.78 is 6.23. The maximum absolute atomic E-state index is 7.65. The van der Waals surface area contributed by atoms with Crippen molar-refractivity contribution in [1.29, 1.82) is 0 Å². The predicted octanol–water partition coefficient (Wildman–Crippen LogP) is 6.40. The van der Waals surface area contributed by atoms with E-state index in [4.69, 9.17) is 11.0 Å². The smallest absolute Gasteiger partial charge is 0.232 e. The number of hydrogen-bond donors (Lipinski definition) is 0. The first-order valence-electron chi connectivity index (χ1n) is 8.45. The molecule has 0 amide bonds. The highest BCUT2D eigenvalue weighted by Gasteiger charge is 2.17. The van der Waals surface area contributed by atoms with Crippen LogP contribution in [0.15, 0.2) is 59.1 Å². The van der Waals surface area contributed by atoms with Crippen LogP contribution in [0.4, 0.5) is 5.69 Å². The van der Waals surface area contributed by atoms with Gasteiger partial charge in [0.05, 0.1) is 12.3 Å². The van der Waals surface area contributed by atoms with E-state index in [1.165, 1.54) is 0 Å². The first kappa shape index (κ1) is 15.4. The Kier molecular flexibility index (Phi) is 3.74. The van der Waals surface area contributed by atoms with Crippen LogP contribution in [0.5, 0.6) is 0 Å². The number of rotatable bonds is 3. The van der Waals surface area contributed by atoms with Crippen molar-refractivity contribution >= 4 is 27.6 Å². The number of aromatic nitrogens is 1. The van der Waals surface area contributed by atoms with Crippen LogP contribution in [0.3, 0.4) is 0 Å². The van der Waals surface area contributed by atoms with Crippen molar-refractivity contribution in [2.75, 3.05) is 0 Å². The maximum atomic E-state index is 7.65. The first-order valence-corrected chi connectivity index (χ1v) is 8.45. The van der Waals surface area contributed by atoms with Crippen LogP contribution in [-0.2, 0) is 6.42 Å². The van der Waals surface area contributed by atoms with Gasteiger partial charge in [-0.05, 0) is 36.1 Å². The van der Waals surface area contributed by atoms with Crippen LogP contribution >= 0.6 is 0 Å². The Morgan fingerprint density at radius 3 is 2.56 bits per heavy atom. The van der Waals surface area contributed by atoms with E-state index in [1.807, 2.05) is 36.4 Å². The maximum Gasteiger partial charge on any atom is 0.232 e. The van der Waals surface area contributed by atoms with Gasteiger partial charge in [-0.3, -0.25) is 4.98 Å². The highest BCUT2D eigenvalue weighted by Crippen LogP contribution is 2.40. The Labute approximate surface area is 146 Å². The second-order valence-corrected chi connectivity index (χ2v) is 6.66.